The SMILES string of the molecule is COC(=O)c1ccnc(CNC(=O)Cc2ccccc2C)c1. The number of nitrogens with zero attached hydrogens (tertiary/aromatic N) is 1. The van der Waals surface area contributed by atoms with Crippen molar-refractivity contribution in [3.05, 3.63) is 65.0 Å². The third-order valence-corrected chi connectivity index (χ3v) is 3.32. The van der Waals surface area contributed by atoms with E-state index >= 15 is 0 Å². The van der Waals surface area contributed by atoms with Crippen molar-refractivity contribution in [3.63, 3.8) is 0 Å². The molecule has 2 aromatic rings. The molecule has 0 saturated heterocycles. The molecule has 5 heteroatoms. The maximum absolute atomic E-state index is 12.0. The molecule has 5 nitrogen and oxygen atoms in total. The first-order valence-electron chi connectivity index (χ1n) is 6.94. The predicted molar refractivity (Wildman–Crippen MR) is 82.3 cm³/mol. The van der Waals surface area contributed by atoms with Crippen molar-refractivity contribution in [2.45, 2.75) is 19.9 Å². The third kappa shape index (κ3) is 4.15. The Morgan fingerprint density at radius 3 is 2.73 bits per heavy atom. The summed E-state index contributed by atoms with van der Waals surface area (Å²) in [5.41, 5.74) is 3.11. The second kappa shape index (κ2) is 7.36. The van der Waals surface area contributed by atoms with Crippen LogP contribution >= 0.6 is 0 Å². The zero-order valence-electron chi connectivity index (χ0n) is 12.6. The van der Waals surface area contributed by atoms with E-state index in [-0.39, 0.29) is 12.5 Å². The topological polar surface area (TPSA) is 68.3 Å². The van der Waals surface area contributed by atoms with E-state index in [0.29, 0.717) is 17.7 Å². The van der Waals surface area contributed by atoms with E-state index in [1.807, 2.05) is 31.2 Å². The van der Waals surface area contributed by atoms with Gasteiger partial charge in [-0.2, -0.15) is 0 Å². The smallest absolute Gasteiger partial charge is 0.337 e. The lowest BCUT2D eigenvalue weighted by molar-refractivity contribution is -0.120. The van der Waals surface area contributed by atoms with E-state index in [9.17, 15) is 9.59 Å². The lowest BCUT2D eigenvalue weighted by Gasteiger charge is -2.07. The van der Waals surface area contributed by atoms with E-state index in [4.69, 9.17) is 0 Å². The molecule has 0 saturated carbocycles. The maximum atomic E-state index is 12.0. The minimum atomic E-state index is -0.421. The van der Waals surface area contributed by atoms with Gasteiger partial charge in [0.2, 0.25) is 5.91 Å². The molecule has 1 aromatic carbocycles. The third-order valence-electron chi connectivity index (χ3n) is 3.32. The number of aromatic nitrogens is 1. The van der Waals surface area contributed by atoms with Gasteiger partial charge in [0.05, 0.1) is 31.3 Å². The maximum Gasteiger partial charge on any atom is 0.337 e. The van der Waals surface area contributed by atoms with Gasteiger partial charge in [0, 0.05) is 6.20 Å². The van der Waals surface area contributed by atoms with Gasteiger partial charge in [-0.3, -0.25) is 9.78 Å². The van der Waals surface area contributed by atoms with E-state index < -0.39 is 5.97 Å². The van der Waals surface area contributed by atoms with Gasteiger partial charge in [-0.15, -0.1) is 0 Å². The zero-order chi connectivity index (χ0) is 15.9. The lowest BCUT2D eigenvalue weighted by atomic mass is 10.1. The van der Waals surface area contributed by atoms with Crippen LogP contribution in [0.1, 0.15) is 27.2 Å². The molecule has 1 N–H and O–H groups in total. The van der Waals surface area contributed by atoms with Crippen LogP contribution in [0.2, 0.25) is 0 Å². The Morgan fingerprint density at radius 1 is 1.23 bits per heavy atom. The molecular formula is C17H18N2O3. The number of aryl methyl sites for hydroxylation is 1. The molecule has 22 heavy (non-hydrogen) atoms. The second-order valence-corrected chi connectivity index (χ2v) is 4.91. The number of carbonyl (C=O) groups is 2. The van der Waals surface area contributed by atoms with Gasteiger partial charge in [-0.1, -0.05) is 24.3 Å². The van der Waals surface area contributed by atoms with Gasteiger partial charge < -0.3 is 10.1 Å². The van der Waals surface area contributed by atoms with Crippen LogP contribution in [0.4, 0.5) is 0 Å². The minimum Gasteiger partial charge on any atom is -0.465 e. The van der Waals surface area contributed by atoms with E-state index in [2.05, 4.69) is 15.0 Å². The van der Waals surface area contributed by atoms with Gasteiger partial charge in [-0.05, 0) is 30.2 Å². The van der Waals surface area contributed by atoms with Crippen LogP contribution in [0.25, 0.3) is 0 Å². The zero-order valence-corrected chi connectivity index (χ0v) is 12.6. The first kappa shape index (κ1) is 15.7. The number of carbonyl (C=O) groups excluding carboxylic acids is 2. The summed E-state index contributed by atoms with van der Waals surface area (Å²) in [6.45, 7) is 2.25. The number of benzene rings is 1. The standard InChI is InChI=1S/C17H18N2O3/c1-12-5-3-4-6-13(12)10-16(20)19-11-15-9-14(7-8-18-15)17(21)22-2/h3-9H,10-11H2,1-2H3,(H,19,20). The summed E-state index contributed by atoms with van der Waals surface area (Å²) in [5, 5.41) is 2.81. The molecule has 1 heterocycles. The number of esters is 1. The van der Waals surface area contributed by atoms with E-state index in [0.717, 1.165) is 11.1 Å². The van der Waals surface area contributed by atoms with Crippen molar-refractivity contribution in [1.29, 1.82) is 0 Å². The molecule has 0 aliphatic carbocycles. The van der Waals surface area contributed by atoms with Crippen LogP contribution in [-0.4, -0.2) is 24.0 Å². The average Bonchev–Trinajstić information content (AvgIpc) is 2.54. The molecule has 2 rings (SSSR count). The molecule has 0 fully saturated rings. The highest BCUT2D eigenvalue weighted by atomic mass is 16.5. The van der Waals surface area contributed by atoms with Crippen LogP contribution in [0.5, 0.6) is 0 Å². The fourth-order valence-corrected chi connectivity index (χ4v) is 2.05. The van der Waals surface area contributed by atoms with Gasteiger partial charge >= 0.3 is 5.97 Å². The molecule has 0 atom stereocenters. The van der Waals surface area contributed by atoms with Crippen LogP contribution in [0.3, 0.4) is 0 Å². The van der Waals surface area contributed by atoms with Gasteiger partial charge in [0.25, 0.3) is 0 Å². The summed E-state index contributed by atoms with van der Waals surface area (Å²) in [5.74, 6) is -0.505. The highest BCUT2D eigenvalue weighted by Crippen LogP contribution is 2.08. The van der Waals surface area contributed by atoms with Crippen molar-refractivity contribution in [2.24, 2.45) is 0 Å². The largest absolute Gasteiger partial charge is 0.465 e. The van der Waals surface area contributed by atoms with Gasteiger partial charge in [0.15, 0.2) is 0 Å². The molecule has 0 unspecified atom stereocenters. The van der Waals surface area contributed by atoms with Crippen LogP contribution < -0.4 is 5.32 Å². The van der Waals surface area contributed by atoms with Gasteiger partial charge in [0.1, 0.15) is 0 Å². The van der Waals surface area contributed by atoms with E-state index in [1.165, 1.54) is 13.3 Å². The fourth-order valence-electron chi connectivity index (χ4n) is 2.05. The summed E-state index contributed by atoms with van der Waals surface area (Å²) in [6.07, 6.45) is 1.85. The fraction of sp³-hybridized carbons (Fsp3) is 0.235. The number of amides is 1. The highest BCUT2D eigenvalue weighted by Gasteiger charge is 2.08. The summed E-state index contributed by atoms with van der Waals surface area (Å²) in [6, 6.07) is 11.0. The highest BCUT2D eigenvalue weighted by molar-refractivity contribution is 5.89. The number of nitrogens with one attached hydrogen (secondary N) is 1. The number of hydrogen-bond acceptors (Lipinski definition) is 4. The lowest BCUT2D eigenvalue weighted by Crippen LogP contribution is -2.25. The Hall–Kier alpha value is -2.69. The number of rotatable bonds is 5. The van der Waals surface area contributed by atoms with Crippen molar-refractivity contribution in [2.75, 3.05) is 7.11 Å². The first-order valence-corrected chi connectivity index (χ1v) is 6.94. The van der Waals surface area contributed by atoms with Crippen molar-refractivity contribution in [3.8, 4) is 0 Å². The first-order chi connectivity index (χ1) is 10.6. The molecular weight excluding hydrogens is 280 g/mol. The quantitative estimate of drug-likeness (QED) is 0.858. The van der Waals surface area contributed by atoms with Crippen molar-refractivity contribution in [1.82, 2.24) is 10.3 Å². The number of methoxy groups -OCH3 is 1. The molecule has 114 valence electrons. The van der Waals surface area contributed by atoms with Gasteiger partial charge in [-0.25, -0.2) is 4.79 Å². The van der Waals surface area contributed by atoms with Crippen LogP contribution in [0, 0.1) is 6.92 Å². The van der Waals surface area contributed by atoms with Crippen molar-refractivity contribution < 1.29 is 14.3 Å². The Morgan fingerprint density at radius 2 is 2.00 bits per heavy atom. The Kier molecular flexibility index (Phi) is 5.25. The summed E-state index contributed by atoms with van der Waals surface area (Å²) >= 11 is 0. The number of pyridine rings is 1. The summed E-state index contributed by atoms with van der Waals surface area (Å²) in [7, 11) is 1.33. The summed E-state index contributed by atoms with van der Waals surface area (Å²) < 4.78 is 4.65. The molecule has 1 amide bonds. The Balaban J connectivity index is 1.94. The van der Waals surface area contributed by atoms with Crippen molar-refractivity contribution >= 4 is 11.9 Å². The summed E-state index contributed by atoms with van der Waals surface area (Å²) in [4.78, 5) is 27.6. The van der Waals surface area contributed by atoms with Crippen LogP contribution in [-0.2, 0) is 22.5 Å². The Labute approximate surface area is 129 Å². The monoisotopic (exact) mass is 298 g/mol. The normalized spacial score (nSPS) is 10.1. The molecule has 1 aromatic heterocycles. The Bertz CT molecular complexity index is 683. The van der Waals surface area contributed by atoms with E-state index in [1.54, 1.807) is 12.1 Å². The van der Waals surface area contributed by atoms with Crippen LogP contribution in [0.15, 0.2) is 42.6 Å². The minimum absolute atomic E-state index is 0.0837. The molecule has 0 spiro atoms. The number of ether oxygens (including phenoxy) is 1. The molecule has 0 bridgehead atoms. The average molecular weight is 298 g/mol. The number of hydrogen-bond donors (Lipinski definition) is 1. The molecule has 0 aliphatic rings. The molecule has 0 aliphatic heterocycles. The molecule has 0 radical (unpaired) electrons. The second-order valence-electron chi connectivity index (χ2n) is 4.91. The predicted octanol–water partition coefficient (Wildman–Crippen LogP) is 2.04.